The molecule has 0 aliphatic rings. The summed E-state index contributed by atoms with van der Waals surface area (Å²) in [6.07, 6.45) is 0. The number of ketones is 1. The van der Waals surface area contributed by atoms with E-state index in [4.69, 9.17) is 4.74 Å². The molecule has 1 aromatic carbocycles. The maximum absolute atomic E-state index is 13.2. The summed E-state index contributed by atoms with van der Waals surface area (Å²) in [4.78, 5) is 11.6. The van der Waals surface area contributed by atoms with Crippen LogP contribution in [0, 0.1) is 11.7 Å². The van der Waals surface area contributed by atoms with Crippen molar-refractivity contribution in [3.8, 4) is 5.75 Å². The Hall–Kier alpha value is -1.38. The number of rotatable bonds is 3. The minimum absolute atomic E-state index is 0.0335. The molecule has 0 aromatic heterocycles. The normalized spacial score (nSPS) is 10.4. The zero-order chi connectivity index (χ0) is 10.7. The van der Waals surface area contributed by atoms with Crippen molar-refractivity contribution in [2.75, 3.05) is 7.11 Å². The Morgan fingerprint density at radius 3 is 2.57 bits per heavy atom. The van der Waals surface area contributed by atoms with Crippen molar-refractivity contribution in [3.63, 3.8) is 0 Å². The van der Waals surface area contributed by atoms with Gasteiger partial charge >= 0.3 is 0 Å². The van der Waals surface area contributed by atoms with Gasteiger partial charge in [0.2, 0.25) is 0 Å². The first-order valence-electron chi connectivity index (χ1n) is 4.44. The van der Waals surface area contributed by atoms with E-state index < -0.39 is 5.82 Å². The first-order chi connectivity index (χ1) is 6.57. The maximum atomic E-state index is 13.2. The molecule has 0 bridgehead atoms. The first-order valence-corrected chi connectivity index (χ1v) is 4.44. The van der Waals surface area contributed by atoms with Gasteiger partial charge in [0.15, 0.2) is 17.3 Å². The highest BCUT2D eigenvalue weighted by atomic mass is 19.1. The highest BCUT2D eigenvalue weighted by molar-refractivity contribution is 5.99. The lowest BCUT2D eigenvalue weighted by molar-refractivity contribution is 0.0935. The van der Waals surface area contributed by atoms with E-state index in [1.807, 2.05) is 0 Å². The van der Waals surface area contributed by atoms with E-state index in [1.165, 1.54) is 19.2 Å². The summed E-state index contributed by atoms with van der Waals surface area (Å²) in [5.41, 5.74) is 0.308. The Morgan fingerprint density at radius 2 is 2.07 bits per heavy atom. The Labute approximate surface area is 82.7 Å². The lowest BCUT2D eigenvalue weighted by Crippen LogP contribution is -2.09. The molecule has 0 unspecified atom stereocenters. The summed E-state index contributed by atoms with van der Waals surface area (Å²) in [6, 6.07) is 4.35. The summed E-state index contributed by atoms with van der Waals surface area (Å²) in [6.45, 7) is 3.54. The van der Waals surface area contributed by atoms with Crippen molar-refractivity contribution in [3.05, 3.63) is 29.6 Å². The molecule has 0 saturated carbocycles. The summed E-state index contributed by atoms with van der Waals surface area (Å²) in [5, 5.41) is 0. The van der Waals surface area contributed by atoms with Gasteiger partial charge in [0, 0.05) is 5.92 Å². The Balaban J connectivity index is 3.20. The number of hydrogen-bond donors (Lipinski definition) is 0. The van der Waals surface area contributed by atoms with Crippen LogP contribution in [0.15, 0.2) is 18.2 Å². The van der Waals surface area contributed by atoms with E-state index in [2.05, 4.69) is 0 Å². The molecule has 76 valence electrons. The Kier molecular flexibility index (Phi) is 3.23. The fraction of sp³-hybridized carbons (Fsp3) is 0.364. The predicted octanol–water partition coefficient (Wildman–Crippen LogP) is 2.67. The van der Waals surface area contributed by atoms with Crippen molar-refractivity contribution in [1.82, 2.24) is 0 Å². The summed E-state index contributed by atoms with van der Waals surface area (Å²) >= 11 is 0. The van der Waals surface area contributed by atoms with E-state index in [-0.39, 0.29) is 17.5 Å². The van der Waals surface area contributed by atoms with Gasteiger partial charge in [-0.3, -0.25) is 4.79 Å². The van der Waals surface area contributed by atoms with Crippen LogP contribution in [0.25, 0.3) is 0 Å². The van der Waals surface area contributed by atoms with E-state index in [0.717, 1.165) is 0 Å². The zero-order valence-electron chi connectivity index (χ0n) is 8.50. The minimum Gasteiger partial charge on any atom is -0.493 e. The topological polar surface area (TPSA) is 26.3 Å². The van der Waals surface area contributed by atoms with E-state index in [0.29, 0.717) is 5.56 Å². The lowest BCUT2D eigenvalue weighted by Gasteiger charge is -2.09. The molecule has 3 heteroatoms. The average molecular weight is 196 g/mol. The molecular formula is C11H13FO2. The van der Waals surface area contributed by atoms with Crippen LogP contribution in [0.1, 0.15) is 24.2 Å². The third kappa shape index (κ3) is 1.92. The molecule has 0 aliphatic heterocycles. The van der Waals surface area contributed by atoms with Gasteiger partial charge in [0.1, 0.15) is 0 Å². The molecule has 1 rings (SSSR count). The molecule has 0 radical (unpaired) electrons. The van der Waals surface area contributed by atoms with Crippen LogP contribution in [0.4, 0.5) is 4.39 Å². The molecule has 0 spiro atoms. The molecule has 0 saturated heterocycles. The smallest absolute Gasteiger partial charge is 0.169 e. The van der Waals surface area contributed by atoms with Crippen LogP contribution < -0.4 is 4.74 Å². The number of Topliss-reactive ketones (excluding diaryl/α,β-unsaturated/α-hetero) is 1. The van der Waals surface area contributed by atoms with E-state index >= 15 is 0 Å². The fourth-order valence-corrected chi connectivity index (χ4v) is 1.22. The van der Waals surface area contributed by atoms with Gasteiger partial charge < -0.3 is 4.74 Å². The summed E-state index contributed by atoms with van der Waals surface area (Å²) in [5.74, 6) is -0.739. The van der Waals surface area contributed by atoms with Crippen molar-refractivity contribution in [2.24, 2.45) is 5.92 Å². The second kappa shape index (κ2) is 4.22. The summed E-state index contributed by atoms with van der Waals surface area (Å²) < 4.78 is 18.0. The second-order valence-electron chi connectivity index (χ2n) is 3.34. The first kappa shape index (κ1) is 10.7. The molecule has 0 N–H and O–H groups in total. The van der Waals surface area contributed by atoms with Gasteiger partial charge in [-0.15, -0.1) is 0 Å². The van der Waals surface area contributed by atoms with Crippen molar-refractivity contribution >= 4 is 5.78 Å². The third-order valence-electron chi connectivity index (χ3n) is 1.96. The fourth-order valence-electron chi connectivity index (χ4n) is 1.22. The van der Waals surface area contributed by atoms with Crippen molar-refractivity contribution < 1.29 is 13.9 Å². The number of carbonyl (C=O) groups excluding carboxylic acids is 1. The molecule has 2 nitrogen and oxygen atoms in total. The van der Waals surface area contributed by atoms with Gasteiger partial charge in [-0.05, 0) is 12.1 Å². The van der Waals surface area contributed by atoms with Gasteiger partial charge in [-0.2, -0.15) is 0 Å². The third-order valence-corrected chi connectivity index (χ3v) is 1.96. The highest BCUT2D eigenvalue weighted by Gasteiger charge is 2.17. The monoisotopic (exact) mass is 196 g/mol. The lowest BCUT2D eigenvalue weighted by atomic mass is 10.0. The number of carbonyl (C=O) groups is 1. The molecule has 0 fully saturated rings. The van der Waals surface area contributed by atoms with Gasteiger partial charge in [0.25, 0.3) is 0 Å². The second-order valence-corrected chi connectivity index (χ2v) is 3.34. The number of methoxy groups -OCH3 is 1. The minimum atomic E-state index is -0.501. The number of para-hydroxylation sites is 1. The number of ether oxygens (including phenoxy) is 1. The number of halogens is 1. The molecule has 0 aliphatic carbocycles. The van der Waals surface area contributed by atoms with Crippen LogP contribution in [0.3, 0.4) is 0 Å². The van der Waals surface area contributed by atoms with Crippen molar-refractivity contribution in [1.29, 1.82) is 0 Å². The molecule has 0 heterocycles. The SMILES string of the molecule is COc1c(F)cccc1C(=O)C(C)C. The van der Waals surface area contributed by atoms with Crippen LogP contribution >= 0.6 is 0 Å². The van der Waals surface area contributed by atoms with E-state index in [9.17, 15) is 9.18 Å². The molecular weight excluding hydrogens is 183 g/mol. The van der Waals surface area contributed by atoms with Gasteiger partial charge in [-0.25, -0.2) is 4.39 Å². The largest absolute Gasteiger partial charge is 0.493 e. The predicted molar refractivity (Wildman–Crippen MR) is 52.1 cm³/mol. The molecule has 14 heavy (non-hydrogen) atoms. The van der Waals surface area contributed by atoms with Crippen LogP contribution in [-0.2, 0) is 0 Å². The van der Waals surface area contributed by atoms with Crippen LogP contribution in [0.5, 0.6) is 5.75 Å². The zero-order valence-corrected chi connectivity index (χ0v) is 8.50. The quantitative estimate of drug-likeness (QED) is 0.695. The molecule has 1 aromatic rings. The van der Waals surface area contributed by atoms with Gasteiger partial charge in [-0.1, -0.05) is 19.9 Å². The molecule has 0 atom stereocenters. The molecule has 0 amide bonds. The van der Waals surface area contributed by atoms with Crippen LogP contribution in [-0.4, -0.2) is 12.9 Å². The summed E-state index contributed by atoms with van der Waals surface area (Å²) in [7, 11) is 1.36. The Morgan fingerprint density at radius 1 is 1.43 bits per heavy atom. The number of benzene rings is 1. The van der Waals surface area contributed by atoms with Crippen molar-refractivity contribution in [2.45, 2.75) is 13.8 Å². The highest BCUT2D eigenvalue weighted by Crippen LogP contribution is 2.24. The standard InChI is InChI=1S/C11H13FO2/c1-7(2)10(13)8-5-4-6-9(12)11(8)14-3/h4-7H,1-3H3. The van der Waals surface area contributed by atoms with Gasteiger partial charge in [0.05, 0.1) is 12.7 Å². The Bertz CT molecular complexity index is 345. The van der Waals surface area contributed by atoms with E-state index in [1.54, 1.807) is 19.9 Å². The van der Waals surface area contributed by atoms with Crippen LogP contribution in [0.2, 0.25) is 0 Å². The number of hydrogen-bond acceptors (Lipinski definition) is 2. The maximum Gasteiger partial charge on any atom is 0.169 e. The average Bonchev–Trinajstić information content (AvgIpc) is 2.16.